The summed E-state index contributed by atoms with van der Waals surface area (Å²) in [6.45, 7) is 0. The van der Waals surface area contributed by atoms with Gasteiger partial charge in [-0.3, -0.25) is 4.79 Å². The lowest BCUT2D eigenvalue weighted by Gasteiger charge is -2.06. The molecule has 0 saturated carbocycles. The molecule has 0 radical (unpaired) electrons. The van der Waals surface area contributed by atoms with Crippen LogP contribution in [0.15, 0.2) is 60.4 Å². The van der Waals surface area contributed by atoms with E-state index in [0.29, 0.717) is 5.56 Å². The van der Waals surface area contributed by atoms with E-state index in [1.165, 1.54) is 0 Å². The van der Waals surface area contributed by atoms with Crippen LogP contribution < -0.4 is 0 Å². The highest BCUT2D eigenvalue weighted by atomic mass is 19.4. The second-order valence-electron chi connectivity index (χ2n) is 4.31. The molecule has 0 unspecified atom stereocenters. The molecule has 21 heavy (non-hydrogen) atoms. The molecule has 0 atom stereocenters. The van der Waals surface area contributed by atoms with E-state index in [0.717, 1.165) is 30.3 Å². The molecule has 0 amide bonds. The minimum Gasteiger partial charge on any atom is -0.286 e. The molecule has 108 valence electrons. The molecule has 0 fully saturated rings. The molecule has 0 aliphatic heterocycles. The van der Waals surface area contributed by atoms with Crippen molar-refractivity contribution in [3.05, 3.63) is 77.1 Å². The molecular formula is C16H10F4O. The summed E-state index contributed by atoms with van der Waals surface area (Å²) in [5, 5.41) is 0. The second-order valence-corrected chi connectivity index (χ2v) is 4.31. The predicted molar refractivity (Wildman–Crippen MR) is 71.3 cm³/mol. The molecule has 0 N–H and O–H groups in total. The molecule has 0 heterocycles. The van der Waals surface area contributed by atoms with Gasteiger partial charge in [0.05, 0.1) is 5.56 Å². The van der Waals surface area contributed by atoms with Crippen LogP contribution in [0.3, 0.4) is 0 Å². The van der Waals surface area contributed by atoms with E-state index in [1.807, 2.05) is 0 Å². The van der Waals surface area contributed by atoms with Gasteiger partial charge in [0.15, 0.2) is 5.83 Å². The Morgan fingerprint density at radius 3 is 2.00 bits per heavy atom. The zero-order valence-electron chi connectivity index (χ0n) is 10.7. The van der Waals surface area contributed by atoms with Gasteiger partial charge in [0.2, 0.25) is 5.78 Å². The first-order chi connectivity index (χ1) is 9.88. The van der Waals surface area contributed by atoms with Crippen molar-refractivity contribution < 1.29 is 22.4 Å². The number of allylic oxidation sites excluding steroid dienone is 1. The zero-order valence-corrected chi connectivity index (χ0v) is 10.7. The van der Waals surface area contributed by atoms with Crippen LogP contribution >= 0.6 is 0 Å². The lowest BCUT2D eigenvalue weighted by molar-refractivity contribution is -0.137. The van der Waals surface area contributed by atoms with Gasteiger partial charge in [0.25, 0.3) is 0 Å². The number of ketones is 1. The highest BCUT2D eigenvalue weighted by Crippen LogP contribution is 2.29. The largest absolute Gasteiger partial charge is 0.416 e. The molecule has 5 heteroatoms. The average molecular weight is 294 g/mol. The van der Waals surface area contributed by atoms with Crippen LogP contribution in [0.2, 0.25) is 0 Å². The minimum absolute atomic E-state index is 0.132. The number of benzene rings is 2. The topological polar surface area (TPSA) is 17.1 Å². The first-order valence-corrected chi connectivity index (χ1v) is 6.02. The van der Waals surface area contributed by atoms with E-state index in [9.17, 15) is 22.4 Å². The van der Waals surface area contributed by atoms with Gasteiger partial charge in [-0.2, -0.15) is 13.2 Å². The number of halogens is 4. The van der Waals surface area contributed by atoms with Crippen LogP contribution in [0, 0.1) is 0 Å². The Bertz CT molecular complexity index is 655. The lowest BCUT2D eigenvalue weighted by Crippen LogP contribution is -2.06. The van der Waals surface area contributed by atoms with E-state index in [4.69, 9.17) is 0 Å². The van der Waals surface area contributed by atoms with E-state index >= 15 is 0 Å². The molecule has 2 aromatic carbocycles. The standard InChI is InChI=1S/C16H10F4O/c17-14(10-11-4-2-1-3-5-11)15(21)12-6-8-13(9-7-12)16(18,19)20/h1-10H/b14-10-. The Balaban J connectivity index is 2.22. The molecule has 1 nitrogen and oxygen atoms in total. The van der Waals surface area contributed by atoms with Crippen molar-refractivity contribution in [3.63, 3.8) is 0 Å². The summed E-state index contributed by atoms with van der Waals surface area (Å²) < 4.78 is 51.0. The normalized spacial score (nSPS) is 12.3. The third kappa shape index (κ3) is 3.78. The number of Topliss-reactive ketones (excluding diaryl/α,β-unsaturated/α-hetero) is 1. The summed E-state index contributed by atoms with van der Waals surface area (Å²) in [5.74, 6) is -1.98. The monoisotopic (exact) mass is 294 g/mol. The van der Waals surface area contributed by atoms with E-state index in [-0.39, 0.29) is 5.56 Å². The molecule has 0 spiro atoms. The molecule has 0 aliphatic carbocycles. The van der Waals surface area contributed by atoms with Crippen molar-refractivity contribution in [1.29, 1.82) is 0 Å². The van der Waals surface area contributed by atoms with Crippen molar-refractivity contribution in [2.24, 2.45) is 0 Å². The molecule has 2 rings (SSSR count). The predicted octanol–water partition coefficient (Wildman–Crippen LogP) is 4.90. The van der Waals surface area contributed by atoms with Crippen molar-refractivity contribution in [2.75, 3.05) is 0 Å². The number of carbonyl (C=O) groups excluding carboxylic acids is 1. The Hall–Kier alpha value is -2.43. The van der Waals surface area contributed by atoms with Gasteiger partial charge in [-0.1, -0.05) is 42.5 Å². The number of carbonyl (C=O) groups is 1. The third-order valence-electron chi connectivity index (χ3n) is 2.78. The summed E-state index contributed by atoms with van der Waals surface area (Å²) in [6.07, 6.45) is -3.44. The van der Waals surface area contributed by atoms with Gasteiger partial charge >= 0.3 is 6.18 Å². The Morgan fingerprint density at radius 1 is 0.905 bits per heavy atom. The first kappa shape index (κ1) is 15.0. The molecule has 0 aromatic heterocycles. The van der Waals surface area contributed by atoms with Gasteiger partial charge in [-0.25, -0.2) is 4.39 Å². The van der Waals surface area contributed by atoms with Crippen LogP contribution in [0.1, 0.15) is 21.5 Å². The zero-order chi connectivity index (χ0) is 15.5. The summed E-state index contributed by atoms with van der Waals surface area (Å²) in [4.78, 5) is 11.8. The van der Waals surface area contributed by atoms with Crippen LogP contribution in [0.5, 0.6) is 0 Å². The number of hydrogen-bond donors (Lipinski definition) is 0. The van der Waals surface area contributed by atoms with Crippen LogP contribution in [0.4, 0.5) is 17.6 Å². The van der Waals surface area contributed by atoms with Gasteiger partial charge in [-0.15, -0.1) is 0 Å². The first-order valence-electron chi connectivity index (χ1n) is 6.02. The smallest absolute Gasteiger partial charge is 0.286 e. The summed E-state index contributed by atoms with van der Waals surface area (Å²) in [5.41, 5.74) is -0.519. The second kappa shape index (κ2) is 5.91. The Morgan fingerprint density at radius 2 is 1.48 bits per heavy atom. The molecule has 0 bridgehead atoms. The van der Waals surface area contributed by atoms with Crippen molar-refractivity contribution in [1.82, 2.24) is 0 Å². The summed E-state index contributed by atoms with van der Waals surface area (Å²) in [7, 11) is 0. The summed E-state index contributed by atoms with van der Waals surface area (Å²) >= 11 is 0. The molecular weight excluding hydrogens is 284 g/mol. The fourth-order valence-electron chi connectivity index (χ4n) is 1.71. The maximum absolute atomic E-state index is 13.8. The third-order valence-corrected chi connectivity index (χ3v) is 2.78. The fourth-order valence-corrected chi connectivity index (χ4v) is 1.71. The number of rotatable bonds is 3. The fraction of sp³-hybridized carbons (Fsp3) is 0.0625. The summed E-state index contributed by atoms with van der Waals surface area (Å²) in [6, 6.07) is 11.8. The van der Waals surface area contributed by atoms with E-state index in [1.54, 1.807) is 30.3 Å². The molecule has 0 aliphatic rings. The maximum atomic E-state index is 13.8. The highest BCUT2D eigenvalue weighted by molar-refractivity contribution is 6.09. The highest BCUT2D eigenvalue weighted by Gasteiger charge is 2.30. The molecule has 0 saturated heterocycles. The SMILES string of the molecule is O=C(/C(F)=C/c1ccccc1)c1ccc(C(F)(F)F)cc1. The van der Waals surface area contributed by atoms with E-state index < -0.39 is 23.3 Å². The van der Waals surface area contributed by atoms with Gasteiger partial charge in [0, 0.05) is 5.56 Å². The lowest BCUT2D eigenvalue weighted by atomic mass is 10.1. The van der Waals surface area contributed by atoms with Gasteiger partial charge in [-0.05, 0) is 23.8 Å². The maximum Gasteiger partial charge on any atom is 0.416 e. The number of hydrogen-bond acceptors (Lipinski definition) is 1. The van der Waals surface area contributed by atoms with Crippen molar-refractivity contribution in [3.8, 4) is 0 Å². The van der Waals surface area contributed by atoms with Crippen LogP contribution in [-0.4, -0.2) is 5.78 Å². The Labute approximate surface area is 118 Å². The average Bonchev–Trinajstić information content (AvgIpc) is 2.46. The quantitative estimate of drug-likeness (QED) is 0.447. The van der Waals surface area contributed by atoms with E-state index in [2.05, 4.69) is 0 Å². The number of alkyl halides is 3. The molecule has 2 aromatic rings. The minimum atomic E-state index is -4.49. The van der Waals surface area contributed by atoms with Gasteiger partial charge in [0.1, 0.15) is 0 Å². The van der Waals surface area contributed by atoms with Crippen LogP contribution in [0.25, 0.3) is 6.08 Å². The van der Waals surface area contributed by atoms with Crippen molar-refractivity contribution >= 4 is 11.9 Å². The van der Waals surface area contributed by atoms with Gasteiger partial charge < -0.3 is 0 Å². The van der Waals surface area contributed by atoms with Crippen LogP contribution in [-0.2, 0) is 6.18 Å². The van der Waals surface area contributed by atoms with Crippen molar-refractivity contribution in [2.45, 2.75) is 6.18 Å². The Kier molecular flexibility index (Phi) is 4.21.